The normalized spacial score (nSPS) is 11.3. The lowest BCUT2D eigenvalue weighted by Gasteiger charge is -2.05. The standard InChI is InChI=1S/C23H17FN8S/c1-31-20-8-15(3-2-14(20)9-21(31)32-7-6-25-13-32)22-29-23(33-30-22)28-17-4-5-18(19(24)10-17)16-11-26-27-12-16/h2-13H,1H3,(H,26,27)(H,28,29,30). The van der Waals surface area contributed by atoms with Crippen LogP contribution in [0.3, 0.4) is 0 Å². The van der Waals surface area contributed by atoms with Crippen LogP contribution in [0.1, 0.15) is 0 Å². The first kappa shape index (κ1) is 19.4. The largest absolute Gasteiger partial charge is 0.330 e. The minimum atomic E-state index is -0.339. The molecule has 0 spiro atoms. The fourth-order valence-corrected chi connectivity index (χ4v) is 4.45. The zero-order valence-electron chi connectivity index (χ0n) is 17.4. The third-order valence-electron chi connectivity index (χ3n) is 5.50. The van der Waals surface area contributed by atoms with E-state index >= 15 is 0 Å². The Morgan fingerprint density at radius 1 is 1.09 bits per heavy atom. The molecule has 2 aromatic carbocycles. The molecule has 0 aliphatic rings. The zero-order chi connectivity index (χ0) is 22.4. The lowest BCUT2D eigenvalue weighted by Crippen LogP contribution is -1.98. The second-order valence-electron chi connectivity index (χ2n) is 7.53. The number of aryl methyl sites for hydroxylation is 1. The van der Waals surface area contributed by atoms with Crippen LogP contribution in [-0.2, 0) is 7.05 Å². The van der Waals surface area contributed by atoms with Crippen LogP contribution in [0.4, 0.5) is 15.2 Å². The summed E-state index contributed by atoms with van der Waals surface area (Å²) in [6.07, 6.45) is 8.70. The number of imidazole rings is 1. The summed E-state index contributed by atoms with van der Waals surface area (Å²) in [7, 11) is 2.02. The third kappa shape index (κ3) is 3.46. The van der Waals surface area contributed by atoms with E-state index < -0.39 is 0 Å². The van der Waals surface area contributed by atoms with Crippen molar-refractivity contribution in [3.63, 3.8) is 0 Å². The lowest BCUT2D eigenvalue weighted by atomic mass is 10.1. The maximum atomic E-state index is 14.6. The van der Waals surface area contributed by atoms with Crippen molar-refractivity contribution in [3.05, 3.63) is 79.4 Å². The Balaban J connectivity index is 1.27. The number of nitrogens with one attached hydrogen (secondary N) is 2. The van der Waals surface area contributed by atoms with Gasteiger partial charge in [-0.2, -0.15) is 14.5 Å². The first-order chi connectivity index (χ1) is 16.2. The van der Waals surface area contributed by atoms with Gasteiger partial charge in [-0.05, 0) is 30.3 Å². The van der Waals surface area contributed by atoms with Crippen molar-refractivity contribution in [1.29, 1.82) is 0 Å². The Bertz CT molecular complexity index is 1560. The van der Waals surface area contributed by atoms with E-state index in [1.807, 2.05) is 23.9 Å². The summed E-state index contributed by atoms with van der Waals surface area (Å²) in [4.78, 5) is 8.74. The van der Waals surface area contributed by atoms with Gasteiger partial charge in [-0.3, -0.25) is 9.67 Å². The molecule has 4 heterocycles. The molecule has 0 aliphatic carbocycles. The van der Waals surface area contributed by atoms with Crippen LogP contribution in [0.15, 0.2) is 73.6 Å². The minimum absolute atomic E-state index is 0.339. The Morgan fingerprint density at radius 2 is 2.03 bits per heavy atom. The van der Waals surface area contributed by atoms with Crippen molar-refractivity contribution < 1.29 is 4.39 Å². The van der Waals surface area contributed by atoms with Crippen LogP contribution in [0.25, 0.3) is 39.2 Å². The van der Waals surface area contributed by atoms with Gasteiger partial charge in [0.2, 0.25) is 5.13 Å². The molecule has 33 heavy (non-hydrogen) atoms. The van der Waals surface area contributed by atoms with Gasteiger partial charge < -0.3 is 9.88 Å². The lowest BCUT2D eigenvalue weighted by molar-refractivity contribution is 0.632. The second-order valence-corrected chi connectivity index (χ2v) is 8.29. The molecular formula is C23H17FN8S. The molecule has 0 fully saturated rings. The van der Waals surface area contributed by atoms with Gasteiger partial charge in [-0.25, -0.2) is 9.37 Å². The number of hydrogen-bond donors (Lipinski definition) is 2. The van der Waals surface area contributed by atoms with Gasteiger partial charge in [0.25, 0.3) is 0 Å². The number of anilines is 2. The van der Waals surface area contributed by atoms with E-state index in [0.29, 0.717) is 27.8 Å². The van der Waals surface area contributed by atoms with Crippen molar-refractivity contribution in [1.82, 2.24) is 33.7 Å². The molecule has 8 nitrogen and oxygen atoms in total. The van der Waals surface area contributed by atoms with E-state index in [4.69, 9.17) is 0 Å². The number of H-pyrrole nitrogens is 1. The molecule has 6 aromatic rings. The number of halogens is 1. The van der Waals surface area contributed by atoms with Gasteiger partial charge in [0.15, 0.2) is 5.82 Å². The number of aromatic nitrogens is 7. The van der Waals surface area contributed by atoms with E-state index in [9.17, 15) is 4.39 Å². The maximum absolute atomic E-state index is 14.6. The molecule has 0 aliphatic heterocycles. The number of benzene rings is 2. The van der Waals surface area contributed by atoms with E-state index in [1.165, 1.54) is 17.6 Å². The first-order valence-electron chi connectivity index (χ1n) is 10.1. The van der Waals surface area contributed by atoms with Crippen LogP contribution in [0, 0.1) is 5.82 Å². The third-order valence-corrected chi connectivity index (χ3v) is 6.13. The molecular weight excluding hydrogens is 439 g/mol. The van der Waals surface area contributed by atoms with E-state index in [1.54, 1.807) is 37.1 Å². The van der Waals surface area contributed by atoms with Crippen molar-refractivity contribution in [3.8, 4) is 28.3 Å². The molecule has 10 heteroatoms. The summed E-state index contributed by atoms with van der Waals surface area (Å²) < 4.78 is 23.1. The average molecular weight is 457 g/mol. The van der Waals surface area contributed by atoms with Crippen molar-refractivity contribution >= 4 is 33.3 Å². The van der Waals surface area contributed by atoms with Gasteiger partial charge in [0, 0.05) is 64.9 Å². The fourth-order valence-electron chi connectivity index (χ4n) is 3.84. The molecule has 0 saturated heterocycles. The molecule has 0 saturated carbocycles. The summed E-state index contributed by atoms with van der Waals surface area (Å²) >= 11 is 1.23. The summed E-state index contributed by atoms with van der Waals surface area (Å²) in [5.74, 6) is 1.30. The zero-order valence-corrected chi connectivity index (χ0v) is 18.2. The first-order valence-corrected chi connectivity index (χ1v) is 10.9. The summed E-state index contributed by atoms with van der Waals surface area (Å²) in [5.41, 5.74) is 3.76. The van der Waals surface area contributed by atoms with Gasteiger partial charge in [0.05, 0.1) is 11.7 Å². The van der Waals surface area contributed by atoms with Crippen LogP contribution in [0.5, 0.6) is 0 Å². The molecule has 0 radical (unpaired) electrons. The van der Waals surface area contributed by atoms with E-state index in [-0.39, 0.29) is 5.82 Å². The number of rotatable bonds is 5. The SMILES string of the molecule is Cn1c(-n2ccnc2)cc2ccc(-c3nsc(Nc4ccc(-c5cn[nH]c5)c(F)c4)n3)cc21. The summed E-state index contributed by atoms with van der Waals surface area (Å²) in [5, 5.41) is 11.4. The highest BCUT2D eigenvalue weighted by molar-refractivity contribution is 7.09. The van der Waals surface area contributed by atoms with Crippen LogP contribution in [-0.4, -0.2) is 33.7 Å². The highest BCUT2D eigenvalue weighted by Gasteiger charge is 2.13. The van der Waals surface area contributed by atoms with Gasteiger partial charge in [0.1, 0.15) is 18.0 Å². The number of fused-ring (bicyclic) bond motifs is 1. The predicted octanol–water partition coefficient (Wildman–Crippen LogP) is 5.16. The van der Waals surface area contributed by atoms with Gasteiger partial charge in [-0.1, -0.05) is 12.1 Å². The fraction of sp³-hybridized carbons (Fsp3) is 0.0435. The van der Waals surface area contributed by atoms with Crippen LogP contribution in [0.2, 0.25) is 0 Å². The quantitative estimate of drug-likeness (QED) is 0.374. The average Bonchev–Trinajstić information content (AvgIpc) is 3.62. The topological polar surface area (TPSA) is 89.2 Å². The molecule has 0 unspecified atom stereocenters. The highest BCUT2D eigenvalue weighted by atomic mass is 32.1. The molecule has 0 amide bonds. The second kappa shape index (κ2) is 7.68. The number of nitrogens with zero attached hydrogens (tertiary/aromatic N) is 6. The van der Waals surface area contributed by atoms with Crippen molar-refractivity contribution in [2.75, 3.05) is 5.32 Å². The smallest absolute Gasteiger partial charge is 0.207 e. The van der Waals surface area contributed by atoms with Gasteiger partial charge in [-0.15, -0.1) is 0 Å². The monoisotopic (exact) mass is 456 g/mol. The van der Waals surface area contributed by atoms with Crippen LogP contribution < -0.4 is 5.32 Å². The van der Waals surface area contributed by atoms with E-state index in [0.717, 1.165) is 22.3 Å². The van der Waals surface area contributed by atoms with Crippen molar-refractivity contribution in [2.45, 2.75) is 0 Å². The van der Waals surface area contributed by atoms with Crippen molar-refractivity contribution in [2.24, 2.45) is 7.05 Å². The summed E-state index contributed by atoms with van der Waals surface area (Å²) in [6.45, 7) is 0. The molecule has 2 N–H and O–H groups in total. The molecule has 6 rings (SSSR count). The molecule has 162 valence electrons. The highest BCUT2D eigenvalue weighted by Crippen LogP contribution is 2.30. The number of aromatic amines is 1. The summed E-state index contributed by atoms with van der Waals surface area (Å²) in [6, 6.07) is 13.2. The predicted molar refractivity (Wildman–Crippen MR) is 126 cm³/mol. The molecule has 4 aromatic heterocycles. The Hall–Kier alpha value is -4.31. The van der Waals surface area contributed by atoms with E-state index in [2.05, 4.69) is 52.6 Å². The molecule has 0 bridgehead atoms. The van der Waals surface area contributed by atoms with Gasteiger partial charge >= 0.3 is 0 Å². The van der Waals surface area contributed by atoms with Crippen LogP contribution >= 0.6 is 11.5 Å². The minimum Gasteiger partial charge on any atom is -0.330 e. The Labute approximate surface area is 191 Å². The Kier molecular flexibility index (Phi) is 4.51. The number of hydrogen-bond acceptors (Lipinski definition) is 6. The Morgan fingerprint density at radius 3 is 2.82 bits per heavy atom. The maximum Gasteiger partial charge on any atom is 0.207 e. The molecule has 0 atom stereocenters.